The molecule has 0 spiro atoms. The van der Waals surface area contributed by atoms with Gasteiger partial charge in [-0.15, -0.1) is 0 Å². The maximum absolute atomic E-state index is 5.54. The lowest BCUT2D eigenvalue weighted by Crippen LogP contribution is -2.39. The molecule has 2 aliphatic heterocycles. The van der Waals surface area contributed by atoms with E-state index in [1.807, 2.05) is 24.5 Å². The molecule has 0 atom stereocenters. The van der Waals surface area contributed by atoms with E-state index in [1.54, 1.807) is 7.11 Å². The number of nitrogens with zero attached hydrogens (tertiary/aromatic N) is 6. The fourth-order valence-corrected chi connectivity index (χ4v) is 3.95. The van der Waals surface area contributed by atoms with Crippen molar-refractivity contribution in [2.24, 2.45) is 0 Å². The molecule has 1 aromatic carbocycles. The second kappa shape index (κ2) is 8.45. The lowest BCUT2D eigenvalue weighted by molar-refractivity contribution is 0.121. The highest BCUT2D eigenvalue weighted by molar-refractivity contribution is 5.85. The molecule has 2 saturated heterocycles. The van der Waals surface area contributed by atoms with Crippen molar-refractivity contribution in [2.75, 3.05) is 69.5 Å². The van der Waals surface area contributed by atoms with Crippen molar-refractivity contribution in [3.05, 3.63) is 36.2 Å². The van der Waals surface area contributed by atoms with Gasteiger partial charge in [-0.3, -0.25) is 0 Å². The van der Waals surface area contributed by atoms with Crippen LogP contribution in [0.15, 0.2) is 30.6 Å². The molecular formula is C21H26N6O3. The first-order chi connectivity index (χ1) is 14.8. The summed E-state index contributed by atoms with van der Waals surface area (Å²) in [6.45, 7) is 6.57. The molecule has 9 nitrogen and oxygen atoms in total. The fourth-order valence-electron chi connectivity index (χ4n) is 3.95. The van der Waals surface area contributed by atoms with Gasteiger partial charge in [-0.25, -0.2) is 4.98 Å². The van der Waals surface area contributed by atoms with Crippen molar-refractivity contribution in [1.29, 1.82) is 0 Å². The van der Waals surface area contributed by atoms with Gasteiger partial charge in [0.2, 0.25) is 5.95 Å². The van der Waals surface area contributed by atoms with Crippen LogP contribution in [0.1, 0.15) is 5.56 Å². The number of anilines is 2. The van der Waals surface area contributed by atoms with E-state index in [0.717, 1.165) is 60.4 Å². The molecule has 0 unspecified atom stereocenters. The van der Waals surface area contributed by atoms with Gasteiger partial charge in [-0.1, -0.05) is 18.2 Å². The van der Waals surface area contributed by atoms with Crippen LogP contribution in [0.4, 0.5) is 11.8 Å². The second-order valence-corrected chi connectivity index (χ2v) is 7.40. The normalized spacial score (nSPS) is 17.5. The highest BCUT2D eigenvalue weighted by Crippen LogP contribution is 2.28. The first-order valence-corrected chi connectivity index (χ1v) is 10.3. The molecule has 2 aromatic heterocycles. The number of hydrogen-bond acceptors (Lipinski definition) is 8. The number of morpholine rings is 2. The summed E-state index contributed by atoms with van der Waals surface area (Å²) < 4.78 is 18.7. The van der Waals surface area contributed by atoms with Crippen LogP contribution < -0.4 is 14.5 Å². The monoisotopic (exact) mass is 410 g/mol. The molecule has 5 rings (SSSR count). The Morgan fingerprint density at radius 2 is 1.63 bits per heavy atom. The minimum Gasteiger partial charge on any atom is -0.496 e. The van der Waals surface area contributed by atoms with Gasteiger partial charge in [-0.05, 0) is 6.07 Å². The van der Waals surface area contributed by atoms with Crippen LogP contribution in [0.2, 0.25) is 0 Å². The van der Waals surface area contributed by atoms with Gasteiger partial charge in [-0.2, -0.15) is 9.97 Å². The predicted octanol–water partition coefficient (Wildman–Crippen LogP) is 1.56. The fraction of sp³-hybridized carbons (Fsp3) is 0.476. The number of aromatic nitrogens is 4. The van der Waals surface area contributed by atoms with Crippen molar-refractivity contribution in [1.82, 2.24) is 19.5 Å². The molecule has 158 valence electrons. The Bertz CT molecular complexity index is 1010. The van der Waals surface area contributed by atoms with Gasteiger partial charge >= 0.3 is 0 Å². The lowest BCUT2D eigenvalue weighted by Gasteiger charge is -2.30. The highest BCUT2D eigenvalue weighted by atomic mass is 16.5. The number of para-hydroxylation sites is 1. The molecule has 9 heteroatoms. The third-order valence-corrected chi connectivity index (χ3v) is 5.57. The number of imidazole rings is 1. The zero-order valence-corrected chi connectivity index (χ0v) is 17.2. The first kappa shape index (κ1) is 19.1. The maximum Gasteiger partial charge on any atom is 0.229 e. The Hall–Kier alpha value is -2.91. The minimum absolute atomic E-state index is 0.628. The average molecular weight is 410 g/mol. The molecule has 0 N–H and O–H groups in total. The van der Waals surface area contributed by atoms with Crippen LogP contribution in [0.25, 0.3) is 11.2 Å². The third kappa shape index (κ3) is 3.66. The highest BCUT2D eigenvalue weighted by Gasteiger charge is 2.23. The summed E-state index contributed by atoms with van der Waals surface area (Å²) in [4.78, 5) is 19.0. The summed E-state index contributed by atoms with van der Waals surface area (Å²) in [5.41, 5.74) is 2.74. The largest absolute Gasteiger partial charge is 0.496 e. The standard InChI is InChI=1S/C21H26N6O3/c1-28-17-5-3-2-4-16(17)14-27-15-22-18-19(25-6-10-29-11-7-25)23-21(24-20(18)27)26-8-12-30-13-9-26/h2-5,15H,6-14H2,1H3. The van der Waals surface area contributed by atoms with Crippen molar-refractivity contribution in [2.45, 2.75) is 6.54 Å². The Kier molecular flexibility index (Phi) is 5.37. The molecule has 2 fully saturated rings. The van der Waals surface area contributed by atoms with E-state index in [9.17, 15) is 0 Å². The lowest BCUT2D eigenvalue weighted by atomic mass is 10.2. The summed E-state index contributed by atoms with van der Waals surface area (Å²) in [5.74, 6) is 2.47. The summed E-state index contributed by atoms with van der Waals surface area (Å²) in [5, 5.41) is 0. The summed E-state index contributed by atoms with van der Waals surface area (Å²) in [6, 6.07) is 8.03. The van der Waals surface area contributed by atoms with Gasteiger partial charge in [0.15, 0.2) is 17.0 Å². The van der Waals surface area contributed by atoms with E-state index < -0.39 is 0 Å². The van der Waals surface area contributed by atoms with Crippen LogP contribution in [0.3, 0.4) is 0 Å². The molecule has 2 aliphatic rings. The Labute approximate surface area is 175 Å². The van der Waals surface area contributed by atoms with Crippen LogP contribution in [0.5, 0.6) is 5.75 Å². The Morgan fingerprint density at radius 1 is 0.933 bits per heavy atom. The molecule has 3 aromatic rings. The summed E-state index contributed by atoms with van der Waals surface area (Å²) in [7, 11) is 1.69. The number of rotatable bonds is 5. The van der Waals surface area contributed by atoms with E-state index in [0.29, 0.717) is 33.0 Å². The van der Waals surface area contributed by atoms with Crippen LogP contribution in [0, 0.1) is 0 Å². The molecule has 4 heterocycles. The average Bonchev–Trinajstić information content (AvgIpc) is 3.22. The third-order valence-electron chi connectivity index (χ3n) is 5.57. The Balaban J connectivity index is 1.58. The minimum atomic E-state index is 0.628. The van der Waals surface area contributed by atoms with E-state index in [4.69, 9.17) is 29.2 Å². The number of benzene rings is 1. The van der Waals surface area contributed by atoms with Crippen LogP contribution in [-0.4, -0.2) is 79.2 Å². The topological polar surface area (TPSA) is 77.8 Å². The summed E-state index contributed by atoms with van der Waals surface area (Å²) >= 11 is 0. The van der Waals surface area contributed by atoms with Crippen LogP contribution >= 0.6 is 0 Å². The van der Waals surface area contributed by atoms with Crippen molar-refractivity contribution < 1.29 is 14.2 Å². The number of ether oxygens (including phenoxy) is 3. The zero-order chi connectivity index (χ0) is 20.3. The molecule has 0 bridgehead atoms. The van der Waals surface area contributed by atoms with Gasteiger partial charge < -0.3 is 28.6 Å². The SMILES string of the molecule is COc1ccccc1Cn1cnc2c(N3CCOCC3)nc(N3CCOCC3)nc21. The maximum atomic E-state index is 5.54. The molecule has 0 radical (unpaired) electrons. The van der Waals surface area contributed by atoms with E-state index in [-0.39, 0.29) is 0 Å². The van der Waals surface area contributed by atoms with Crippen molar-refractivity contribution >= 4 is 22.9 Å². The smallest absolute Gasteiger partial charge is 0.229 e. The van der Waals surface area contributed by atoms with E-state index in [1.165, 1.54) is 0 Å². The second-order valence-electron chi connectivity index (χ2n) is 7.40. The molecule has 0 saturated carbocycles. The van der Waals surface area contributed by atoms with E-state index in [2.05, 4.69) is 20.4 Å². The van der Waals surface area contributed by atoms with Gasteiger partial charge in [0.25, 0.3) is 0 Å². The molecule has 0 amide bonds. The number of fused-ring (bicyclic) bond motifs is 1. The van der Waals surface area contributed by atoms with Crippen LogP contribution in [-0.2, 0) is 16.0 Å². The van der Waals surface area contributed by atoms with Crippen molar-refractivity contribution in [3.8, 4) is 5.75 Å². The van der Waals surface area contributed by atoms with Gasteiger partial charge in [0, 0.05) is 31.7 Å². The Morgan fingerprint density at radius 3 is 2.37 bits per heavy atom. The van der Waals surface area contributed by atoms with E-state index >= 15 is 0 Å². The molecule has 0 aliphatic carbocycles. The first-order valence-electron chi connectivity index (χ1n) is 10.3. The van der Waals surface area contributed by atoms with Gasteiger partial charge in [0.1, 0.15) is 5.75 Å². The van der Waals surface area contributed by atoms with Gasteiger partial charge in [0.05, 0.1) is 46.4 Å². The zero-order valence-electron chi connectivity index (χ0n) is 17.2. The number of methoxy groups -OCH3 is 1. The predicted molar refractivity (Wildman–Crippen MR) is 113 cm³/mol. The molecule has 30 heavy (non-hydrogen) atoms. The molecular weight excluding hydrogens is 384 g/mol. The van der Waals surface area contributed by atoms with Crippen molar-refractivity contribution in [3.63, 3.8) is 0 Å². The number of hydrogen-bond donors (Lipinski definition) is 0. The summed E-state index contributed by atoms with van der Waals surface area (Å²) in [6.07, 6.45) is 1.85. The quantitative estimate of drug-likeness (QED) is 0.627.